The number of aliphatic carboxylic acids is 1. The maximum Gasteiger partial charge on any atom is 0.305 e. The number of piperazine rings is 1. The van der Waals surface area contributed by atoms with Crippen LogP contribution in [-0.4, -0.2) is 73.1 Å². The molecule has 1 heterocycles. The minimum Gasteiger partial charge on any atom is -0.481 e. The third kappa shape index (κ3) is 3.93. The fourth-order valence-electron chi connectivity index (χ4n) is 1.75. The average Bonchev–Trinajstić information content (AvgIpc) is 2.26. The largest absolute Gasteiger partial charge is 0.481 e. The van der Waals surface area contributed by atoms with Crippen LogP contribution in [0.25, 0.3) is 0 Å². The lowest BCUT2D eigenvalue weighted by atomic mass is 10.2. The van der Waals surface area contributed by atoms with Crippen LogP contribution in [0.4, 0.5) is 0 Å². The van der Waals surface area contributed by atoms with Crippen molar-refractivity contribution in [2.24, 2.45) is 5.73 Å². The summed E-state index contributed by atoms with van der Waals surface area (Å²) in [7, 11) is -3.24. The topological polar surface area (TPSA) is 121 Å². The van der Waals surface area contributed by atoms with E-state index in [0.29, 0.717) is 0 Å². The standard InChI is InChI=1S/C9H17N3O5S/c1-18(16,17)12-4-2-11(3-5-12)9(15)7(10)6-8(13)14/h7H,2-6,10H2,1H3,(H,13,14). The number of nitrogens with zero attached hydrogens (tertiary/aromatic N) is 2. The van der Waals surface area contributed by atoms with Gasteiger partial charge in [0.15, 0.2) is 0 Å². The van der Waals surface area contributed by atoms with Gasteiger partial charge in [-0.15, -0.1) is 0 Å². The van der Waals surface area contributed by atoms with Gasteiger partial charge < -0.3 is 15.7 Å². The van der Waals surface area contributed by atoms with Gasteiger partial charge in [-0.2, -0.15) is 4.31 Å². The van der Waals surface area contributed by atoms with Crippen molar-refractivity contribution < 1.29 is 23.1 Å². The number of carbonyl (C=O) groups excluding carboxylic acids is 1. The molecule has 0 saturated carbocycles. The van der Waals surface area contributed by atoms with E-state index in [1.54, 1.807) is 0 Å². The van der Waals surface area contributed by atoms with Crippen LogP contribution in [0.5, 0.6) is 0 Å². The SMILES string of the molecule is CS(=O)(=O)N1CCN(C(=O)C(N)CC(=O)O)CC1. The summed E-state index contributed by atoms with van der Waals surface area (Å²) >= 11 is 0. The summed E-state index contributed by atoms with van der Waals surface area (Å²) < 4.78 is 23.8. The summed E-state index contributed by atoms with van der Waals surface area (Å²) in [4.78, 5) is 23.6. The molecule has 1 amide bonds. The van der Waals surface area contributed by atoms with Gasteiger partial charge in [-0.05, 0) is 0 Å². The Labute approximate surface area is 105 Å². The Hall–Kier alpha value is -1.19. The summed E-state index contributed by atoms with van der Waals surface area (Å²) in [6, 6.07) is -1.08. The number of nitrogens with two attached hydrogens (primary N) is 1. The minimum absolute atomic E-state index is 0.213. The third-order valence-corrected chi connectivity index (χ3v) is 4.03. The van der Waals surface area contributed by atoms with Crippen molar-refractivity contribution in [3.63, 3.8) is 0 Å². The van der Waals surface area contributed by atoms with Crippen LogP contribution < -0.4 is 5.73 Å². The molecular formula is C9H17N3O5S. The van der Waals surface area contributed by atoms with Gasteiger partial charge in [-0.25, -0.2) is 8.42 Å². The van der Waals surface area contributed by atoms with Gasteiger partial charge in [0.2, 0.25) is 15.9 Å². The third-order valence-electron chi connectivity index (χ3n) is 2.73. The molecule has 9 heteroatoms. The summed E-state index contributed by atoms with van der Waals surface area (Å²) in [6.07, 6.45) is 0.686. The van der Waals surface area contributed by atoms with Crippen LogP contribution in [-0.2, 0) is 19.6 Å². The molecule has 1 atom stereocenters. The summed E-state index contributed by atoms with van der Waals surface area (Å²) in [5.74, 6) is -1.59. The zero-order chi connectivity index (χ0) is 13.9. The van der Waals surface area contributed by atoms with Crippen molar-refractivity contribution >= 4 is 21.9 Å². The van der Waals surface area contributed by atoms with Crippen LogP contribution in [0.1, 0.15) is 6.42 Å². The molecule has 1 fully saturated rings. The van der Waals surface area contributed by atoms with Gasteiger partial charge in [0.05, 0.1) is 18.7 Å². The molecule has 0 aromatic rings. The van der Waals surface area contributed by atoms with Crippen molar-refractivity contribution in [2.45, 2.75) is 12.5 Å². The lowest BCUT2D eigenvalue weighted by molar-refractivity contribution is -0.142. The molecule has 0 bridgehead atoms. The fourth-order valence-corrected chi connectivity index (χ4v) is 2.58. The average molecular weight is 279 g/mol. The number of rotatable bonds is 4. The first kappa shape index (κ1) is 14.9. The molecule has 0 aliphatic carbocycles. The van der Waals surface area contributed by atoms with Crippen molar-refractivity contribution in [2.75, 3.05) is 32.4 Å². The van der Waals surface area contributed by atoms with E-state index < -0.39 is 34.4 Å². The molecule has 0 aromatic carbocycles. The first-order valence-corrected chi connectivity index (χ1v) is 7.28. The number of carboxylic acids is 1. The fraction of sp³-hybridized carbons (Fsp3) is 0.778. The highest BCUT2D eigenvalue weighted by Gasteiger charge is 2.29. The van der Waals surface area contributed by atoms with E-state index in [-0.39, 0.29) is 26.2 Å². The molecule has 1 rings (SSSR count). The molecule has 1 aliphatic heterocycles. The number of amides is 1. The van der Waals surface area contributed by atoms with E-state index in [9.17, 15) is 18.0 Å². The Morgan fingerprint density at radius 2 is 1.78 bits per heavy atom. The lowest BCUT2D eigenvalue weighted by Crippen LogP contribution is -2.54. The highest BCUT2D eigenvalue weighted by Crippen LogP contribution is 2.07. The molecule has 3 N–H and O–H groups in total. The zero-order valence-corrected chi connectivity index (χ0v) is 10.9. The van der Waals surface area contributed by atoms with E-state index in [0.717, 1.165) is 6.26 Å². The Morgan fingerprint density at radius 3 is 2.17 bits per heavy atom. The van der Waals surface area contributed by atoms with Gasteiger partial charge in [0, 0.05) is 26.2 Å². The van der Waals surface area contributed by atoms with Gasteiger partial charge >= 0.3 is 5.97 Å². The first-order chi connectivity index (χ1) is 8.21. The predicted molar refractivity (Wildman–Crippen MR) is 63.2 cm³/mol. The van der Waals surface area contributed by atoms with E-state index in [1.165, 1.54) is 9.21 Å². The molecule has 0 spiro atoms. The number of carbonyl (C=O) groups is 2. The maximum atomic E-state index is 11.8. The Kier molecular flexibility index (Phi) is 4.65. The highest BCUT2D eigenvalue weighted by molar-refractivity contribution is 7.88. The minimum atomic E-state index is -3.24. The molecule has 1 aliphatic rings. The summed E-state index contributed by atoms with van der Waals surface area (Å²) in [6.45, 7) is 0.896. The number of carboxylic acid groups (broad SMARTS) is 1. The van der Waals surface area contributed by atoms with Crippen molar-refractivity contribution in [3.05, 3.63) is 0 Å². The van der Waals surface area contributed by atoms with E-state index in [4.69, 9.17) is 10.8 Å². The van der Waals surface area contributed by atoms with Gasteiger partial charge in [-0.1, -0.05) is 0 Å². The van der Waals surface area contributed by atoms with Gasteiger partial charge in [-0.3, -0.25) is 9.59 Å². The number of hydrogen-bond acceptors (Lipinski definition) is 5. The molecule has 0 aromatic heterocycles. The zero-order valence-electron chi connectivity index (χ0n) is 10.1. The normalized spacial score (nSPS) is 19.6. The number of sulfonamides is 1. The Bertz CT molecular complexity index is 427. The number of hydrogen-bond donors (Lipinski definition) is 2. The molecule has 104 valence electrons. The van der Waals surface area contributed by atoms with Crippen LogP contribution in [0, 0.1) is 0 Å². The van der Waals surface area contributed by atoms with E-state index in [1.807, 2.05) is 0 Å². The smallest absolute Gasteiger partial charge is 0.305 e. The second-order valence-electron chi connectivity index (χ2n) is 4.19. The van der Waals surface area contributed by atoms with E-state index in [2.05, 4.69) is 0 Å². The van der Waals surface area contributed by atoms with Crippen LogP contribution in [0.2, 0.25) is 0 Å². The second-order valence-corrected chi connectivity index (χ2v) is 6.17. The van der Waals surface area contributed by atoms with Gasteiger partial charge in [0.1, 0.15) is 0 Å². The van der Waals surface area contributed by atoms with E-state index >= 15 is 0 Å². The Morgan fingerprint density at radius 1 is 1.28 bits per heavy atom. The van der Waals surface area contributed by atoms with Crippen LogP contribution in [0.15, 0.2) is 0 Å². The molecule has 18 heavy (non-hydrogen) atoms. The quantitative estimate of drug-likeness (QED) is 0.607. The molecular weight excluding hydrogens is 262 g/mol. The molecule has 0 radical (unpaired) electrons. The van der Waals surface area contributed by atoms with Crippen molar-refractivity contribution in [1.29, 1.82) is 0 Å². The van der Waals surface area contributed by atoms with Crippen molar-refractivity contribution in [3.8, 4) is 0 Å². The van der Waals surface area contributed by atoms with Crippen molar-refractivity contribution in [1.82, 2.24) is 9.21 Å². The molecule has 1 saturated heterocycles. The van der Waals surface area contributed by atoms with Gasteiger partial charge in [0.25, 0.3) is 0 Å². The van der Waals surface area contributed by atoms with Crippen LogP contribution in [0.3, 0.4) is 0 Å². The summed E-state index contributed by atoms with van der Waals surface area (Å²) in [5, 5.41) is 8.54. The Balaban J connectivity index is 2.53. The molecule has 1 unspecified atom stereocenters. The highest BCUT2D eigenvalue weighted by atomic mass is 32.2. The lowest BCUT2D eigenvalue weighted by Gasteiger charge is -2.34. The first-order valence-electron chi connectivity index (χ1n) is 5.43. The maximum absolute atomic E-state index is 11.8. The predicted octanol–water partition coefficient (Wildman–Crippen LogP) is -2.11. The summed E-state index contributed by atoms with van der Waals surface area (Å²) in [5.41, 5.74) is 5.47. The van der Waals surface area contributed by atoms with Crippen LogP contribution >= 0.6 is 0 Å². The molecule has 8 nitrogen and oxygen atoms in total. The second kappa shape index (κ2) is 5.63. The monoisotopic (exact) mass is 279 g/mol.